The second-order valence-electron chi connectivity index (χ2n) is 4.89. The molecule has 1 N–H and O–H groups in total. The number of benzene rings is 1. The van der Waals surface area contributed by atoms with E-state index in [-0.39, 0.29) is 12.3 Å². The van der Waals surface area contributed by atoms with Crippen LogP contribution in [-0.4, -0.2) is 42.6 Å². The summed E-state index contributed by atoms with van der Waals surface area (Å²) in [5.41, 5.74) is 0.743. The van der Waals surface area contributed by atoms with Crippen molar-refractivity contribution in [3.63, 3.8) is 0 Å². The van der Waals surface area contributed by atoms with Crippen LogP contribution in [-0.2, 0) is 9.59 Å². The lowest BCUT2D eigenvalue weighted by molar-refractivity contribution is -0.142. The summed E-state index contributed by atoms with van der Waals surface area (Å²) < 4.78 is 10.4. The van der Waals surface area contributed by atoms with Gasteiger partial charge in [-0.3, -0.25) is 9.59 Å². The second-order valence-corrected chi connectivity index (χ2v) is 4.89. The minimum atomic E-state index is -0.959. The molecule has 2 rings (SSSR count). The van der Waals surface area contributed by atoms with E-state index < -0.39 is 17.9 Å². The van der Waals surface area contributed by atoms with Crippen LogP contribution in [0.4, 0.5) is 0 Å². The van der Waals surface area contributed by atoms with Crippen molar-refractivity contribution >= 4 is 11.9 Å². The number of carboxylic acids is 1. The molecule has 1 fully saturated rings. The van der Waals surface area contributed by atoms with Gasteiger partial charge in [-0.2, -0.15) is 0 Å². The Morgan fingerprint density at radius 3 is 2.52 bits per heavy atom. The normalized spacial score (nSPS) is 21.5. The van der Waals surface area contributed by atoms with Crippen LogP contribution in [0.15, 0.2) is 18.2 Å². The van der Waals surface area contributed by atoms with Gasteiger partial charge < -0.3 is 19.5 Å². The molecule has 1 aliphatic heterocycles. The highest BCUT2D eigenvalue weighted by Crippen LogP contribution is 2.40. The summed E-state index contributed by atoms with van der Waals surface area (Å²) in [6.45, 7) is 2.32. The summed E-state index contributed by atoms with van der Waals surface area (Å²) in [7, 11) is 3.06. The number of methoxy groups -OCH3 is 2. The summed E-state index contributed by atoms with van der Waals surface area (Å²) >= 11 is 0. The Morgan fingerprint density at radius 1 is 1.33 bits per heavy atom. The number of hydrogen-bond acceptors (Lipinski definition) is 4. The van der Waals surface area contributed by atoms with Crippen molar-refractivity contribution in [3.05, 3.63) is 23.8 Å². The number of hydrogen-bond donors (Lipinski definition) is 1. The molecule has 1 aromatic carbocycles. The first-order valence-corrected chi connectivity index (χ1v) is 6.77. The van der Waals surface area contributed by atoms with Gasteiger partial charge in [-0.25, -0.2) is 0 Å². The van der Waals surface area contributed by atoms with Crippen LogP contribution < -0.4 is 9.47 Å². The van der Waals surface area contributed by atoms with Gasteiger partial charge in [-0.1, -0.05) is 6.07 Å². The van der Waals surface area contributed by atoms with Crippen molar-refractivity contribution in [2.45, 2.75) is 19.4 Å². The fraction of sp³-hybridized carbons (Fsp3) is 0.467. The van der Waals surface area contributed by atoms with Crippen molar-refractivity contribution in [2.75, 3.05) is 20.8 Å². The molecule has 6 nitrogen and oxygen atoms in total. The molecule has 0 spiro atoms. The van der Waals surface area contributed by atoms with Gasteiger partial charge in [-0.05, 0) is 24.6 Å². The van der Waals surface area contributed by atoms with E-state index in [1.54, 1.807) is 23.1 Å². The molecule has 1 heterocycles. The zero-order valence-electron chi connectivity index (χ0n) is 12.3. The smallest absolute Gasteiger partial charge is 0.309 e. The number of ether oxygens (including phenoxy) is 2. The predicted octanol–water partition coefficient (Wildman–Crippen LogP) is 1.70. The number of amides is 1. The first kappa shape index (κ1) is 15.2. The monoisotopic (exact) mass is 293 g/mol. The van der Waals surface area contributed by atoms with Crippen molar-refractivity contribution in [1.29, 1.82) is 0 Å². The maximum Gasteiger partial charge on any atom is 0.309 e. The average Bonchev–Trinajstić information content (AvgIpc) is 2.83. The fourth-order valence-corrected chi connectivity index (χ4v) is 2.83. The van der Waals surface area contributed by atoms with Crippen LogP contribution in [0, 0.1) is 5.92 Å². The van der Waals surface area contributed by atoms with E-state index in [9.17, 15) is 14.7 Å². The molecular weight excluding hydrogens is 274 g/mol. The van der Waals surface area contributed by atoms with Crippen LogP contribution in [0.25, 0.3) is 0 Å². The third kappa shape index (κ3) is 2.66. The van der Waals surface area contributed by atoms with Gasteiger partial charge in [0.25, 0.3) is 0 Å². The molecule has 21 heavy (non-hydrogen) atoms. The Labute approximate surface area is 123 Å². The number of carbonyl (C=O) groups is 2. The van der Waals surface area contributed by atoms with Crippen LogP contribution in [0.1, 0.15) is 24.9 Å². The number of aliphatic carboxylic acids is 1. The van der Waals surface area contributed by atoms with E-state index in [1.807, 2.05) is 6.92 Å². The van der Waals surface area contributed by atoms with E-state index in [2.05, 4.69) is 0 Å². The Morgan fingerprint density at radius 2 is 2.00 bits per heavy atom. The predicted molar refractivity (Wildman–Crippen MR) is 75.4 cm³/mol. The summed E-state index contributed by atoms with van der Waals surface area (Å²) in [4.78, 5) is 25.0. The Hall–Kier alpha value is -2.24. The summed E-state index contributed by atoms with van der Waals surface area (Å²) in [6.07, 6.45) is 0.0299. The number of likely N-dealkylation sites (tertiary alicyclic amines) is 1. The quantitative estimate of drug-likeness (QED) is 0.894. The number of carbonyl (C=O) groups excluding carboxylic acids is 1. The number of carboxylic acid groups (broad SMARTS) is 1. The molecule has 0 aromatic heterocycles. The molecule has 0 radical (unpaired) electrons. The van der Waals surface area contributed by atoms with Crippen LogP contribution in [0.5, 0.6) is 11.5 Å². The zero-order valence-corrected chi connectivity index (χ0v) is 12.3. The van der Waals surface area contributed by atoms with Crippen molar-refractivity contribution in [2.24, 2.45) is 5.92 Å². The molecule has 2 unspecified atom stereocenters. The molecule has 0 bridgehead atoms. The molecule has 1 amide bonds. The highest BCUT2D eigenvalue weighted by atomic mass is 16.5. The third-order valence-corrected chi connectivity index (χ3v) is 3.84. The molecule has 1 saturated heterocycles. The molecule has 1 aliphatic rings. The van der Waals surface area contributed by atoms with Gasteiger partial charge >= 0.3 is 5.97 Å². The molecule has 114 valence electrons. The van der Waals surface area contributed by atoms with Gasteiger partial charge in [0.05, 0.1) is 26.2 Å². The van der Waals surface area contributed by atoms with Crippen LogP contribution in [0.2, 0.25) is 0 Å². The maximum atomic E-state index is 12.0. The average molecular weight is 293 g/mol. The lowest BCUT2D eigenvalue weighted by Crippen LogP contribution is -2.30. The zero-order chi connectivity index (χ0) is 15.6. The van der Waals surface area contributed by atoms with E-state index in [0.29, 0.717) is 18.0 Å². The van der Waals surface area contributed by atoms with Gasteiger partial charge in [0, 0.05) is 13.0 Å². The molecule has 0 saturated carbocycles. The molecule has 2 atom stereocenters. The lowest BCUT2D eigenvalue weighted by Gasteiger charge is -2.26. The van der Waals surface area contributed by atoms with Gasteiger partial charge in [-0.15, -0.1) is 0 Å². The van der Waals surface area contributed by atoms with Gasteiger partial charge in [0.15, 0.2) is 11.5 Å². The van der Waals surface area contributed by atoms with E-state index in [1.165, 1.54) is 14.2 Å². The fourth-order valence-electron chi connectivity index (χ4n) is 2.83. The first-order valence-electron chi connectivity index (χ1n) is 6.77. The molecule has 1 aromatic rings. The maximum absolute atomic E-state index is 12.0. The number of rotatable bonds is 5. The summed E-state index contributed by atoms with van der Waals surface area (Å²) in [5, 5.41) is 9.37. The Kier molecular flexibility index (Phi) is 4.35. The summed E-state index contributed by atoms with van der Waals surface area (Å²) in [5.74, 6) is -0.741. The van der Waals surface area contributed by atoms with E-state index in [4.69, 9.17) is 9.47 Å². The van der Waals surface area contributed by atoms with Crippen molar-refractivity contribution in [3.8, 4) is 11.5 Å². The highest BCUT2D eigenvalue weighted by Gasteiger charge is 2.44. The molecular formula is C15H19NO5. The topological polar surface area (TPSA) is 76.1 Å². The van der Waals surface area contributed by atoms with Gasteiger partial charge in [0.2, 0.25) is 5.91 Å². The van der Waals surface area contributed by atoms with Crippen LogP contribution >= 0.6 is 0 Å². The largest absolute Gasteiger partial charge is 0.493 e. The highest BCUT2D eigenvalue weighted by molar-refractivity contribution is 5.87. The minimum Gasteiger partial charge on any atom is -0.493 e. The Bertz CT molecular complexity index is 557. The van der Waals surface area contributed by atoms with E-state index in [0.717, 1.165) is 5.56 Å². The van der Waals surface area contributed by atoms with E-state index >= 15 is 0 Å². The van der Waals surface area contributed by atoms with Crippen molar-refractivity contribution < 1.29 is 24.2 Å². The standard InChI is InChI=1S/C15H19NO5/c1-4-16-13(17)8-10(15(18)19)14(16)9-5-6-11(20-2)12(7-9)21-3/h5-7,10,14H,4,8H2,1-3H3,(H,18,19). The molecule has 0 aliphatic carbocycles. The SMILES string of the molecule is CCN1C(=O)CC(C(=O)O)C1c1ccc(OC)c(OC)c1. The Balaban J connectivity index is 2.45. The lowest BCUT2D eigenvalue weighted by atomic mass is 9.93. The molecule has 6 heteroatoms. The van der Waals surface area contributed by atoms with Crippen molar-refractivity contribution in [1.82, 2.24) is 4.90 Å². The third-order valence-electron chi connectivity index (χ3n) is 3.84. The van der Waals surface area contributed by atoms with Gasteiger partial charge in [0.1, 0.15) is 0 Å². The second kappa shape index (κ2) is 6.03. The minimum absolute atomic E-state index is 0.0299. The number of nitrogens with zero attached hydrogens (tertiary/aromatic N) is 1. The first-order chi connectivity index (χ1) is 10.0. The summed E-state index contributed by atoms with van der Waals surface area (Å²) in [6, 6.07) is 4.77. The van der Waals surface area contributed by atoms with Crippen LogP contribution in [0.3, 0.4) is 0 Å².